The largest absolute Gasteiger partial charge is 0.416 e. The van der Waals surface area contributed by atoms with E-state index in [9.17, 15) is 31.2 Å². The summed E-state index contributed by atoms with van der Waals surface area (Å²) >= 11 is 5.98. The molecule has 0 saturated heterocycles. The van der Waals surface area contributed by atoms with Crippen molar-refractivity contribution in [2.45, 2.75) is 63.8 Å². The fourth-order valence-corrected chi connectivity index (χ4v) is 5.49. The van der Waals surface area contributed by atoms with Crippen molar-refractivity contribution in [3.8, 4) is 0 Å². The van der Waals surface area contributed by atoms with Gasteiger partial charge in [-0.3, -0.25) is 13.9 Å². The summed E-state index contributed by atoms with van der Waals surface area (Å²) < 4.78 is 65.8. The van der Waals surface area contributed by atoms with Crippen molar-refractivity contribution in [3.63, 3.8) is 0 Å². The molecule has 0 unspecified atom stereocenters. The molecule has 1 fully saturated rings. The molecule has 0 aromatic heterocycles. The number of anilines is 1. The van der Waals surface area contributed by atoms with Crippen LogP contribution in [0.5, 0.6) is 0 Å². The van der Waals surface area contributed by atoms with Gasteiger partial charge in [0.05, 0.1) is 17.5 Å². The molecular formula is C26H31ClF3N3O4S. The van der Waals surface area contributed by atoms with Crippen LogP contribution in [0.4, 0.5) is 18.9 Å². The highest BCUT2D eigenvalue weighted by atomic mass is 35.5. The SMILES string of the molecule is CC[C@H](C(=O)NC1CCCC1)N(Cc1ccc(Cl)cc1)C(=O)CN(c1cccc(C(F)(F)F)c1)S(C)(=O)=O. The number of carbonyl (C=O) groups excluding carboxylic acids is 2. The predicted molar refractivity (Wildman–Crippen MR) is 140 cm³/mol. The number of nitrogens with one attached hydrogen (secondary N) is 1. The van der Waals surface area contributed by atoms with E-state index in [1.165, 1.54) is 11.0 Å². The zero-order valence-corrected chi connectivity index (χ0v) is 22.7. The smallest absolute Gasteiger partial charge is 0.352 e. The molecule has 1 aliphatic rings. The molecule has 1 saturated carbocycles. The van der Waals surface area contributed by atoms with Crippen LogP contribution in [-0.2, 0) is 32.3 Å². The molecule has 2 aromatic rings. The van der Waals surface area contributed by atoms with Crippen LogP contribution < -0.4 is 9.62 Å². The molecule has 1 atom stereocenters. The maximum atomic E-state index is 13.7. The lowest BCUT2D eigenvalue weighted by molar-refractivity contribution is -0.140. The van der Waals surface area contributed by atoms with E-state index in [4.69, 9.17) is 11.6 Å². The van der Waals surface area contributed by atoms with Crippen LogP contribution in [0.25, 0.3) is 0 Å². The average Bonchev–Trinajstić information content (AvgIpc) is 3.35. The lowest BCUT2D eigenvalue weighted by Crippen LogP contribution is -2.53. The van der Waals surface area contributed by atoms with Crippen molar-refractivity contribution in [1.29, 1.82) is 0 Å². The molecule has 7 nitrogen and oxygen atoms in total. The predicted octanol–water partition coefficient (Wildman–Crippen LogP) is 4.99. The summed E-state index contributed by atoms with van der Waals surface area (Å²) in [4.78, 5) is 28.2. The summed E-state index contributed by atoms with van der Waals surface area (Å²) in [6.07, 6.45) is 0.0320. The van der Waals surface area contributed by atoms with Gasteiger partial charge in [0.25, 0.3) is 0 Å². The topological polar surface area (TPSA) is 86.8 Å². The second kappa shape index (κ2) is 12.4. The van der Waals surface area contributed by atoms with Crippen molar-refractivity contribution in [3.05, 3.63) is 64.7 Å². The third kappa shape index (κ3) is 7.86. The summed E-state index contributed by atoms with van der Waals surface area (Å²) in [5.41, 5.74) is -0.693. The number of alkyl halides is 3. The van der Waals surface area contributed by atoms with Crippen molar-refractivity contribution in [1.82, 2.24) is 10.2 Å². The van der Waals surface area contributed by atoms with E-state index < -0.39 is 40.3 Å². The first kappa shape index (κ1) is 29.8. The fraction of sp³-hybridized carbons (Fsp3) is 0.462. The number of hydrogen-bond donors (Lipinski definition) is 1. The number of amides is 2. The Morgan fingerprint density at radius 2 is 1.74 bits per heavy atom. The van der Waals surface area contributed by atoms with Crippen LogP contribution in [0.3, 0.4) is 0 Å². The number of hydrogen-bond acceptors (Lipinski definition) is 4. The Balaban J connectivity index is 1.95. The van der Waals surface area contributed by atoms with Gasteiger partial charge >= 0.3 is 6.18 Å². The Morgan fingerprint density at radius 1 is 1.11 bits per heavy atom. The van der Waals surface area contributed by atoms with E-state index in [1.807, 2.05) is 0 Å². The Kier molecular flexibility index (Phi) is 9.69. The Morgan fingerprint density at radius 3 is 2.29 bits per heavy atom. The number of halogens is 4. The maximum absolute atomic E-state index is 13.7. The standard InChI is InChI=1S/C26H31ClF3N3O4S/c1-3-23(25(35)31-21-8-4-5-9-21)32(16-18-11-13-20(27)14-12-18)24(34)17-33(38(2,36)37)22-10-6-7-19(15-22)26(28,29)30/h6-7,10-15,21,23H,3-5,8-9,16-17H2,1-2H3,(H,31,35)/t23-/m1/s1. The molecule has 1 aliphatic carbocycles. The van der Waals surface area contributed by atoms with E-state index >= 15 is 0 Å². The van der Waals surface area contributed by atoms with Gasteiger partial charge in [-0.15, -0.1) is 0 Å². The van der Waals surface area contributed by atoms with Crippen LogP contribution in [0.15, 0.2) is 48.5 Å². The van der Waals surface area contributed by atoms with Gasteiger partial charge in [0.2, 0.25) is 21.8 Å². The summed E-state index contributed by atoms with van der Waals surface area (Å²) in [7, 11) is -4.16. The molecule has 38 heavy (non-hydrogen) atoms. The van der Waals surface area contributed by atoms with Gasteiger partial charge in [-0.25, -0.2) is 8.42 Å². The molecule has 2 aromatic carbocycles. The molecule has 0 radical (unpaired) electrons. The van der Waals surface area contributed by atoms with E-state index in [0.717, 1.165) is 44.1 Å². The van der Waals surface area contributed by atoms with Crippen molar-refractivity contribution in [2.75, 3.05) is 17.1 Å². The molecule has 3 rings (SSSR count). The molecule has 0 bridgehead atoms. The zero-order valence-electron chi connectivity index (χ0n) is 21.2. The minimum atomic E-state index is -4.70. The number of sulfonamides is 1. The van der Waals surface area contributed by atoms with E-state index in [1.54, 1.807) is 31.2 Å². The molecule has 0 aliphatic heterocycles. The second-order valence-electron chi connectivity index (χ2n) is 9.38. The number of nitrogens with zero attached hydrogens (tertiary/aromatic N) is 2. The van der Waals surface area contributed by atoms with E-state index in [2.05, 4.69) is 5.32 Å². The van der Waals surface area contributed by atoms with Crippen molar-refractivity contribution in [2.24, 2.45) is 0 Å². The summed E-state index contributed by atoms with van der Waals surface area (Å²) in [5.74, 6) is -1.08. The molecule has 0 heterocycles. The van der Waals surface area contributed by atoms with Crippen LogP contribution in [0.2, 0.25) is 5.02 Å². The first-order chi connectivity index (χ1) is 17.8. The Hall–Kier alpha value is -2.79. The highest BCUT2D eigenvalue weighted by Gasteiger charge is 2.35. The molecule has 1 N–H and O–H groups in total. The lowest BCUT2D eigenvalue weighted by Gasteiger charge is -2.33. The van der Waals surface area contributed by atoms with Crippen LogP contribution in [0.1, 0.15) is 50.2 Å². The number of benzene rings is 2. The van der Waals surface area contributed by atoms with Crippen LogP contribution in [0, 0.1) is 0 Å². The van der Waals surface area contributed by atoms with Gasteiger partial charge in [-0.1, -0.05) is 49.6 Å². The third-order valence-corrected chi connectivity index (χ3v) is 7.89. The van der Waals surface area contributed by atoms with Crippen molar-refractivity contribution >= 4 is 39.1 Å². The first-order valence-electron chi connectivity index (χ1n) is 12.3. The average molecular weight is 574 g/mol. The van der Waals surface area contributed by atoms with Gasteiger partial charge in [0.15, 0.2) is 0 Å². The normalized spacial score (nSPS) is 15.2. The highest BCUT2D eigenvalue weighted by Crippen LogP contribution is 2.32. The molecule has 208 valence electrons. The maximum Gasteiger partial charge on any atom is 0.416 e. The Bertz CT molecular complexity index is 1230. The quantitative estimate of drug-likeness (QED) is 0.434. The number of carbonyl (C=O) groups is 2. The van der Waals surface area contributed by atoms with Gasteiger partial charge in [-0.05, 0) is 55.2 Å². The monoisotopic (exact) mass is 573 g/mol. The Labute approximate surface area is 226 Å². The first-order valence-corrected chi connectivity index (χ1v) is 14.5. The molecule has 2 amide bonds. The third-order valence-electron chi connectivity index (χ3n) is 6.49. The van der Waals surface area contributed by atoms with Crippen molar-refractivity contribution < 1.29 is 31.2 Å². The highest BCUT2D eigenvalue weighted by molar-refractivity contribution is 7.92. The van der Waals surface area contributed by atoms with Gasteiger partial charge < -0.3 is 10.2 Å². The minimum absolute atomic E-state index is 0.00154. The van der Waals surface area contributed by atoms with Crippen LogP contribution >= 0.6 is 11.6 Å². The second-order valence-corrected chi connectivity index (χ2v) is 11.7. The molecular weight excluding hydrogens is 543 g/mol. The fourth-order valence-electron chi connectivity index (χ4n) is 4.52. The number of rotatable bonds is 10. The summed E-state index contributed by atoms with van der Waals surface area (Å²) in [6.45, 7) is 0.940. The van der Waals surface area contributed by atoms with Crippen LogP contribution in [-0.4, -0.2) is 50.0 Å². The van der Waals surface area contributed by atoms with Gasteiger partial charge in [-0.2, -0.15) is 13.2 Å². The lowest BCUT2D eigenvalue weighted by atomic mass is 10.1. The summed E-state index contributed by atoms with van der Waals surface area (Å²) in [6, 6.07) is 9.49. The molecule has 0 spiro atoms. The van der Waals surface area contributed by atoms with E-state index in [0.29, 0.717) is 21.0 Å². The van der Waals surface area contributed by atoms with Gasteiger partial charge in [0.1, 0.15) is 12.6 Å². The minimum Gasteiger partial charge on any atom is -0.352 e. The van der Waals surface area contributed by atoms with E-state index in [-0.39, 0.29) is 30.6 Å². The molecule has 12 heteroatoms. The zero-order chi connectivity index (χ0) is 28.1. The van der Waals surface area contributed by atoms with Gasteiger partial charge in [0, 0.05) is 17.6 Å². The summed E-state index contributed by atoms with van der Waals surface area (Å²) in [5, 5.41) is 3.47.